The number of nitrogens with one attached hydrogen (secondary N) is 1. The SMILES string of the molecule is COc1cccc(C=C(C(=O)OCC(=O)Nc2c(C)cccc2C)c2ccccc2)c1. The smallest absolute Gasteiger partial charge is 0.339 e. The molecular weight excluding hydrogens is 390 g/mol. The monoisotopic (exact) mass is 415 g/mol. The van der Waals surface area contributed by atoms with E-state index < -0.39 is 5.97 Å². The predicted molar refractivity (Wildman–Crippen MR) is 123 cm³/mol. The highest BCUT2D eigenvalue weighted by Gasteiger charge is 2.16. The normalized spacial score (nSPS) is 11.0. The summed E-state index contributed by atoms with van der Waals surface area (Å²) in [6.45, 7) is 3.45. The van der Waals surface area contributed by atoms with E-state index in [1.54, 1.807) is 13.2 Å². The summed E-state index contributed by atoms with van der Waals surface area (Å²) in [6, 6.07) is 22.3. The molecule has 3 aromatic rings. The molecule has 0 aliphatic carbocycles. The average Bonchev–Trinajstić information content (AvgIpc) is 2.79. The first-order chi connectivity index (χ1) is 15.0. The van der Waals surface area contributed by atoms with Crippen LogP contribution in [0.4, 0.5) is 5.69 Å². The zero-order valence-electron chi connectivity index (χ0n) is 17.8. The second-order valence-electron chi connectivity index (χ2n) is 7.09. The molecule has 1 N–H and O–H groups in total. The van der Waals surface area contributed by atoms with Gasteiger partial charge in [0.2, 0.25) is 0 Å². The minimum atomic E-state index is -0.578. The van der Waals surface area contributed by atoms with Crippen molar-refractivity contribution in [3.8, 4) is 5.75 Å². The number of para-hydroxylation sites is 1. The van der Waals surface area contributed by atoms with Crippen molar-refractivity contribution in [2.45, 2.75) is 13.8 Å². The lowest BCUT2D eigenvalue weighted by Gasteiger charge is -2.12. The quantitative estimate of drug-likeness (QED) is 0.334. The van der Waals surface area contributed by atoms with Crippen LogP contribution in [0.3, 0.4) is 0 Å². The summed E-state index contributed by atoms with van der Waals surface area (Å²) < 4.78 is 10.6. The zero-order chi connectivity index (χ0) is 22.2. The summed E-state index contributed by atoms with van der Waals surface area (Å²) in [5.74, 6) is -0.285. The van der Waals surface area contributed by atoms with E-state index in [0.717, 1.165) is 22.4 Å². The Morgan fingerprint density at radius 1 is 0.903 bits per heavy atom. The number of esters is 1. The lowest BCUT2D eigenvalue weighted by molar-refractivity contribution is -0.141. The summed E-state index contributed by atoms with van der Waals surface area (Å²) in [7, 11) is 1.59. The molecular formula is C26H25NO4. The number of anilines is 1. The summed E-state index contributed by atoms with van der Waals surface area (Å²) in [5.41, 5.74) is 4.47. The van der Waals surface area contributed by atoms with E-state index in [4.69, 9.17) is 9.47 Å². The van der Waals surface area contributed by atoms with Gasteiger partial charge in [-0.05, 0) is 54.3 Å². The molecule has 3 rings (SSSR count). The van der Waals surface area contributed by atoms with Crippen LogP contribution in [-0.4, -0.2) is 25.6 Å². The molecule has 0 heterocycles. The van der Waals surface area contributed by atoms with E-state index in [-0.39, 0.29) is 12.5 Å². The molecule has 0 saturated carbocycles. The molecule has 0 saturated heterocycles. The number of hydrogen-bond acceptors (Lipinski definition) is 4. The lowest BCUT2D eigenvalue weighted by atomic mass is 10.0. The maximum absolute atomic E-state index is 12.9. The fraction of sp³-hybridized carbons (Fsp3) is 0.154. The van der Waals surface area contributed by atoms with E-state index in [1.165, 1.54) is 0 Å². The number of rotatable bonds is 7. The third-order valence-corrected chi connectivity index (χ3v) is 4.79. The number of hydrogen-bond donors (Lipinski definition) is 1. The Labute approximate surface area is 182 Å². The summed E-state index contributed by atoms with van der Waals surface area (Å²) >= 11 is 0. The van der Waals surface area contributed by atoms with Crippen molar-refractivity contribution in [3.63, 3.8) is 0 Å². The number of methoxy groups -OCH3 is 1. The number of aryl methyl sites for hydroxylation is 2. The minimum absolute atomic E-state index is 0.355. The molecule has 0 aromatic heterocycles. The summed E-state index contributed by atoms with van der Waals surface area (Å²) in [5, 5.41) is 2.83. The molecule has 158 valence electrons. The van der Waals surface area contributed by atoms with Crippen molar-refractivity contribution < 1.29 is 19.1 Å². The largest absolute Gasteiger partial charge is 0.497 e. The molecule has 0 aliphatic heterocycles. The van der Waals surface area contributed by atoms with Gasteiger partial charge in [-0.25, -0.2) is 4.79 Å². The summed E-state index contributed by atoms with van der Waals surface area (Å²) in [4.78, 5) is 25.3. The molecule has 5 nitrogen and oxygen atoms in total. The number of ether oxygens (including phenoxy) is 2. The van der Waals surface area contributed by atoms with Crippen molar-refractivity contribution in [2.75, 3.05) is 19.0 Å². The standard InChI is InChI=1S/C26H25NO4/c1-18-9-7-10-19(2)25(18)27-24(28)17-31-26(29)23(21-12-5-4-6-13-21)16-20-11-8-14-22(15-20)30-3/h4-16H,17H2,1-3H3,(H,27,28). The molecule has 1 amide bonds. The molecule has 31 heavy (non-hydrogen) atoms. The van der Waals surface area contributed by atoms with Gasteiger partial charge in [0.05, 0.1) is 12.7 Å². The van der Waals surface area contributed by atoms with Gasteiger partial charge in [-0.15, -0.1) is 0 Å². The molecule has 5 heteroatoms. The Balaban J connectivity index is 1.77. The molecule has 0 aliphatic rings. The first-order valence-electron chi connectivity index (χ1n) is 9.92. The van der Waals surface area contributed by atoms with E-state index >= 15 is 0 Å². The van der Waals surface area contributed by atoms with Crippen LogP contribution in [0.1, 0.15) is 22.3 Å². The van der Waals surface area contributed by atoms with E-state index in [9.17, 15) is 9.59 Å². The van der Waals surface area contributed by atoms with Crippen LogP contribution >= 0.6 is 0 Å². The highest BCUT2D eigenvalue weighted by atomic mass is 16.5. The van der Waals surface area contributed by atoms with Gasteiger partial charge in [0.15, 0.2) is 6.61 Å². The molecule has 0 radical (unpaired) electrons. The van der Waals surface area contributed by atoms with Gasteiger partial charge in [-0.1, -0.05) is 60.7 Å². The number of carbonyl (C=O) groups is 2. The fourth-order valence-electron chi connectivity index (χ4n) is 3.17. The average molecular weight is 415 g/mol. The maximum Gasteiger partial charge on any atom is 0.339 e. The van der Waals surface area contributed by atoms with Gasteiger partial charge in [0.1, 0.15) is 5.75 Å². The molecule has 0 bridgehead atoms. The third kappa shape index (κ3) is 5.82. The van der Waals surface area contributed by atoms with Crippen LogP contribution in [0.5, 0.6) is 5.75 Å². The van der Waals surface area contributed by atoms with Gasteiger partial charge in [-0.2, -0.15) is 0 Å². The Bertz CT molecular complexity index is 1080. The van der Waals surface area contributed by atoms with Gasteiger partial charge < -0.3 is 14.8 Å². The fourth-order valence-corrected chi connectivity index (χ4v) is 3.17. The van der Waals surface area contributed by atoms with Gasteiger partial charge in [0.25, 0.3) is 5.91 Å². The van der Waals surface area contributed by atoms with Crippen LogP contribution < -0.4 is 10.1 Å². The summed E-state index contributed by atoms with van der Waals surface area (Å²) in [6.07, 6.45) is 1.73. The van der Waals surface area contributed by atoms with Crippen LogP contribution in [0.15, 0.2) is 72.8 Å². The van der Waals surface area contributed by atoms with Gasteiger partial charge in [0, 0.05) is 5.69 Å². The van der Waals surface area contributed by atoms with Gasteiger partial charge in [-0.3, -0.25) is 4.79 Å². The van der Waals surface area contributed by atoms with Crippen molar-refractivity contribution in [2.24, 2.45) is 0 Å². The van der Waals surface area contributed by atoms with Crippen LogP contribution in [-0.2, 0) is 14.3 Å². The Morgan fingerprint density at radius 2 is 1.58 bits per heavy atom. The van der Waals surface area contributed by atoms with Gasteiger partial charge >= 0.3 is 5.97 Å². The van der Waals surface area contributed by atoms with Crippen molar-refractivity contribution in [1.29, 1.82) is 0 Å². The molecule has 0 fully saturated rings. The first-order valence-corrected chi connectivity index (χ1v) is 9.92. The van der Waals surface area contributed by atoms with E-state index in [2.05, 4.69) is 5.32 Å². The van der Waals surface area contributed by atoms with Crippen LogP contribution in [0.2, 0.25) is 0 Å². The van der Waals surface area contributed by atoms with Crippen molar-refractivity contribution in [3.05, 3.63) is 95.1 Å². The first kappa shape index (κ1) is 21.8. The second kappa shape index (κ2) is 10.3. The van der Waals surface area contributed by atoms with E-state index in [1.807, 2.05) is 86.6 Å². The Kier molecular flexibility index (Phi) is 7.22. The number of amides is 1. The Hall–Kier alpha value is -3.86. The van der Waals surface area contributed by atoms with E-state index in [0.29, 0.717) is 16.9 Å². The zero-order valence-corrected chi connectivity index (χ0v) is 17.8. The number of benzene rings is 3. The van der Waals surface area contributed by atoms with Crippen molar-refractivity contribution in [1.82, 2.24) is 0 Å². The molecule has 0 spiro atoms. The van der Waals surface area contributed by atoms with Crippen LogP contribution in [0.25, 0.3) is 11.6 Å². The van der Waals surface area contributed by atoms with Crippen molar-refractivity contribution >= 4 is 29.2 Å². The molecule has 0 atom stereocenters. The second-order valence-corrected chi connectivity index (χ2v) is 7.09. The maximum atomic E-state index is 12.9. The molecule has 3 aromatic carbocycles. The highest BCUT2D eigenvalue weighted by Crippen LogP contribution is 2.23. The third-order valence-electron chi connectivity index (χ3n) is 4.79. The minimum Gasteiger partial charge on any atom is -0.497 e. The Morgan fingerprint density at radius 3 is 2.26 bits per heavy atom. The van der Waals surface area contributed by atoms with Crippen LogP contribution in [0, 0.1) is 13.8 Å². The topological polar surface area (TPSA) is 64.6 Å². The lowest BCUT2D eigenvalue weighted by Crippen LogP contribution is -2.22. The predicted octanol–water partition coefficient (Wildman–Crippen LogP) is 5.03. The number of carbonyl (C=O) groups excluding carboxylic acids is 2. The molecule has 0 unspecified atom stereocenters. The highest BCUT2D eigenvalue weighted by molar-refractivity contribution is 6.22.